The molecule has 1 aliphatic heterocycles. The predicted molar refractivity (Wildman–Crippen MR) is 47.7 cm³/mol. The summed E-state index contributed by atoms with van der Waals surface area (Å²) in [6.07, 6.45) is -1.14. The van der Waals surface area contributed by atoms with Crippen LogP contribution < -0.4 is 0 Å². The fraction of sp³-hybridized carbons (Fsp3) is 0.556. The summed E-state index contributed by atoms with van der Waals surface area (Å²) in [5.74, 6) is -1.20. The molecule has 0 saturated heterocycles. The first-order chi connectivity index (χ1) is 7.00. The second kappa shape index (κ2) is 4.90. The van der Waals surface area contributed by atoms with Crippen LogP contribution in [0.5, 0.6) is 0 Å². The molecule has 0 amide bonds. The molecule has 1 heterocycles. The van der Waals surface area contributed by atoms with Gasteiger partial charge in [-0.1, -0.05) is 0 Å². The van der Waals surface area contributed by atoms with E-state index in [0.29, 0.717) is 0 Å². The van der Waals surface area contributed by atoms with Gasteiger partial charge in [-0.05, 0) is 6.08 Å². The minimum atomic E-state index is -1.24. The van der Waals surface area contributed by atoms with Crippen molar-refractivity contribution in [1.82, 2.24) is 0 Å². The van der Waals surface area contributed by atoms with Gasteiger partial charge < -0.3 is 19.7 Å². The molecule has 0 aromatic rings. The van der Waals surface area contributed by atoms with Gasteiger partial charge in [0.05, 0.1) is 0 Å². The number of hydrogen-bond acceptors (Lipinski definition) is 6. The van der Waals surface area contributed by atoms with E-state index in [-0.39, 0.29) is 6.61 Å². The number of ether oxygens (including phenoxy) is 2. The molecule has 2 N–H and O–H groups in total. The van der Waals surface area contributed by atoms with Crippen LogP contribution in [0.2, 0.25) is 0 Å². The zero-order valence-corrected chi connectivity index (χ0v) is 8.12. The lowest BCUT2D eigenvalue weighted by molar-refractivity contribution is -0.165. The molecule has 6 nitrogen and oxygen atoms in total. The van der Waals surface area contributed by atoms with Crippen molar-refractivity contribution in [1.29, 1.82) is 0 Å². The van der Waals surface area contributed by atoms with Crippen LogP contribution in [-0.2, 0) is 19.1 Å². The van der Waals surface area contributed by atoms with Gasteiger partial charge in [0.1, 0.15) is 18.8 Å². The predicted octanol–water partition coefficient (Wildman–Crippen LogP) is -1.25. The summed E-state index contributed by atoms with van der Waals surface area (Å²) < 4.78 is 9.20. The number of rotatable bonds is 3. The van der Waals surface area contributed by atoms with Gasteiger partial charge in [-0.25, -0.2) is 4.79 Å². The van der Waals surface area contributed by atoms with E-state index in [1.54, 1.807) is 0 Å². The number of cyclic esters (lactones) is 1. The van der Waals surface area contributed by atoms with Gasteiger partial charge in [-0.2, -0.15) is 0 Å². The Morgan fingerprint density at radius 3 is 3.00 bits per heavy atom. The molecule has 15 heavy (non-hydrogen) atoms. The zero-order valence-electron chi connectivity index (χ0n) is 8.12. The van der Waals surface area contributed by atoms with Crippen LogP contribution in [0.15, 0.2) is 12.2 Å². The molecule has 0 bridgehead atoms. The largest absolute Gasteiger partial charge is 0.463 e. The van der Waals surface area contributed by atoms with E-state index in [1.165, 1.54) is 13.0 Å². The Balaban J connectivity index is 2.51. The van der Waals surface area contributed by atoms with E-state index < -0.39 is 30.3 Å². The van der Waals surface area contributed by atoms with Crippen LogP contribution in [0.3, 0.4) is 0 Å². The fourth-order valence-corrected chi connectivity index (χ4v) is 1.13. The maximum atomic E-state index is 10.8. The maximum Gasteiger partial charge on any atom is 0.330 e. The van der Waals surface area contributed by atoms with Gasteiger partial charge in [0.25, 0.3) is 0 Å². The van der Waals surface area contributed by atoms with Crippen molar-refractivity contribution in [2.75, 3.05) is 6.61 Å². The van der Waals surface area contributed by atoms with Crippen molar-refractivity contribution in [3.05, 3.63) is 12.2 Å². The number of esters is 2. The highest BCUT2D eigenvalue weighted by Gasteiger charge is 2.32. The molecule has 0 fully saturated rings. The number of carbonyl (C=O) groups excluding carboxylic acids is 2. The quantitative estimate of drug-likeness (QED) is 0.573. The van der Waals surface area contributed by atoms with E-state index in [2.05, 4.69) is 9.47 Å². The Kier molecular flexibility index (Phi) is 3.81. The van der Waals surface area contributed by atoms with Gasteiger partial charge in [-0.15, -0.1) is 0 Å². The molecule has 1 rings (SSSR count). The van der Waals surface area contributed by atoms with Gasteiger partial charge in [0, 0.05) is 13.0 Å². The van der Waals surface area contributed by atoms with Crippen LogP contribution in [0.1, 0.15) is 6.92 Å². The first-order valence-corrected chi connectivity index (χ1v) is 4.39. The Morgan fingerprint density at radius 1 is 1.73 bits per heavy atom. The van der Waals surface area contributed by atoms with Gasteiger partial charge in [0.15, 0.2) is 6.10 Å². The van der Waals surface area contributed by atoms with E-state index in [1.807, 2.05) is 0 Å². The molecule has 0 aliphatic carbocycles. The standard InChI is InChI=1S/C9H12O6/c1-5(10)14-4-7(12)9-6(11)2-3-8(13)15-9/h2-3,6-7,9,11-12H,4H2,1H3/t6-,7-,9+/m1/s1. The molecule has 1 aliphatic rings. The minimum Gasteiger partial charge on any atom is -0.463 e. The molecule has 6 heteroatoms. The van der Waals surface area contributed by atoms with Crippen molar-refractivity contribution in [2.24, 2.45) is 0 Å². The van der Waals surface area contributed by atoms with Crippen LogP contribution in [0.25, 0.3) is 0 Å². The number of carbonyl (C=O) groups is 2. The zero-order chi connectivity index (χ0) is 11.4. The SMILES string of the molecule is CC(=O)OC[C@@H](O)[C@H]1OC(=O)C=C[C@H]1O. The van der Waals surface area contributed by atoms with Crippen molar-refractivity contribution >= 4 is 11.9 Å². The summed E-state index contributed by atoms with van der Waals surface area (Å²) in [5, 5.41) is 18.8. The van der Waals surface area contributed by atoms with Crippen LogP contribution in [-0.4, -0.2) is 47.1 Å². The third-order valence-electron chi connectivity index (χ3n) is 1.85. The van der Waals surface area contributed by atoms with Crippen molar-refractivity contribution in [3.8, 4) is 0 Å². The van der Waals surface area contributed by atoms with Crippen molar-refractivity contribution in [3.63, 3.8) is 0 Å². The molecule has 84 valence electrons. The second-order valence-electron chi connectivity index (χ2n) is 3.12. The number of aliphatic hydroxyl groups is 2. The van der Waals surface area contributed by atoms with E-state index in [9.17, 15) is 19.8 Å². The van der Waals surface area contributed by atoms with Gasteiger partial charge in [-0.3, -0.25) is 4.79 Å². The smallest absolute Gasteiger partial charge is 0.330 e. The molecule has 0 spiro atoms. The Bertz CT molecular complexity index is 284. The lowest BCUT2D eigenvalue weighted by atomic mass is 10.1. The summed E-state index contributed by atoms with van der Waals surface area (Å²) in [5.41, 5.74) is 0. The second-order valence-corrected chi connectivity index (χ2v) is 3.12. The van der Waals surface area contributed by atoms with E-state index >= 15 is 0 Å². The lowest BCUT2D eigenvalue weighted by Crippen LogP contribution is -2.44. The Labute approximate surface area is 86.1 Å². The molecule has 0 saturated carbocycles. The maximum absolute atomic E-state index is 10.8. The molecule has 3 atom stereocenters. The summed E-state index contributed by atoms with van der Waals surface area (Å²) in [4.78, 5) is 21.3. The Hall–Kier alpha value is -1.40. The summed E-state index contributed by atoms with van der Waals surface area (Å²) >= 11 is 0. The highest BCUT2D eigenvalue weighted by molar-refractivity contribution is 5.83. The monoisotopic (exact) mass is 216 g/mol. The normalized spacial score (nSPS) is 27.0. The Morgan fingerprint density at radius 2 is 2.40 bits per heavy atom. The molecule has 0 aromatic heterocycles. The minimum absolute atomic E-state index is 0.321. The molecule has 0 aromatic carbocycles. The molecular weight excluding hydrogens is 204 g/mol. The third-order valence-corrected chi connectivity index (χ3v) is 1.85. The lowest BCUT2D eigenvalue weighted by Gasteiger charge is -2.27. The van der Waals surface area contributed by atoms with Gasteiger partial charge >= 0.3 is 11.9 Å². The average molecular weight is 216 g/mol. The fourth-order valence-electron chi connectivity index (χ4n) is 1.13. The summed E-state index contributed by atoms with van der Waals surface area (Å²) in [6, 6.07) is 0. The van der Waals surface area contributed by atoms with Crippen LogP contribution >= 0.6 is 0 Å². The number of hydrogen-bond donors (Lipinski definition) is 2. The van der Waals surface area contributed by atoms with Gasteiger partial charge in [0.2, 0.25) is 0 Å². The topological polar surface area (TPSA) is 93.1 Å². The summed E-state index contributed by atoms with van der Waals surface area (Å²) in [6.45, 7) is 0.869. The van der Waals surface area contributed by atoms with E-state index in [4.69, 9.17) is 0 Å². The first kappa shape index (κ1) is 11.7. The first-order valence-electron chi connectivity index (χ1n) is 4.39. The van der Waals surface area contributed by atoms with Crippen molar-refractivity contribution < 1.29 is 29.3 Å². The van der Waals surface area contributed by atoms with Crippen LogP contribution in [0.4, 0.5) is 0 Å². The molecular formula is C9H12O6. The van der Waals surface area contributed by atoms with Crippen LogP contribution in [0, 0.1) is 0 Å². The van der Waals surface area contributed by atoms with Crippen molar-refractivity contribution in [2.45, 2.75) is 25.2 Å². The number of aliphatic hydroxyl groups excluding tert-OH is 2. The third kappa shape index (κ3) is 3.34. The molecule has 0 radical (unpaired) electrons. The highest BCUT2D eigenvalue weighted by atomic mass is 16.6. The summed E-state index contributed by atoms with van der Waals surface area (Å²) in [7, 11) is 0. The van der Waals surface area contributed by atoms with E-state index in [0.717, 1.165) is 6.08 Å². The molecule has 0 unspecified atom stereocenters. The highest BCUT2D eigenvalue weighted by Crippen LogP contribution is 2.12. The average Bonchev–Trinajstić information content (AvgIpc) is 2.18.